The maximum atomic E-state index is 5.38. The second kappa shape index (κ2) is 9.57. The summed E-state index contributed by atoms with van der Waals surface area (Å²) in [5.74, 6) is 1.72. The van der Waals surface area contributed by atoms with Crippen molar-refractivity contribution in [2.45, 2.75) is 13.0 Å². The Bertz CT molecular complexity index is 680. The molecule has 2 aromatic rings. The minimum absolute atomic E-state index is 0.738. The molecular formula is C20H28N4O. The molecule has 5 heteroatoms. The fourth-order valence-electron chi connectivity index (χ4n) is 2.54. The van der Waals surface area contributed by atoms with E-state index in [2.05, 4.69) is 50.9 Å². The van der Waals surface area contributed by atoms with E-state index in [0.29, 0.717) is 0 Å². The third-order valence-corrected chi connectivity index (χ3v) is 4.02. The van der Waals surface area contributed by atoms with Crippen LogP contribution in [-0.4, -0.2) is 40.8 Å². The Balaban J connectivity index is 1.80. The molecule has 0 saturated heterocycles. The summed E-state index contributed by atoms with van der Waals surface area (Å²) in [6, 6.07) is 16.6. The van der Waals surface area contributed by atoms with Gasteiger partial charge in [0, 0.05) is 39.9 Å². The Morgan fingerprint density at radius 2 is 1.76 bits per heavy atom. The summed E-state index contributed by atoms with van der Waals surface area (Å²) in [7, 11) is 7.57. The Morgan fingerprint density at radius 1 is 1.04 bits per heavy atom. The van der Waals surface area contributed by atoms with Gasteiger partial charge in [0.2, 0.25) is 0 Å². The minimum Gasteiger partial charge on any atom is -0.496 e. The number of anilines is 1. The second-order valence-electron chi connectivity index (χ2n) is 5.98. The highest BCUT2D eigenvalue weighted by Crippen LogP contribution is 2.17. The fraction of sp³-hybridized carbons (Fsp3) is 0.350. The SMILES string of the molecule is CN=C(NCCc1ccccc1OC)NCc1ccc(N(C)C)cc1. The first kappa shape index (κ1) is 18.6. The summed E-state index contributed by atoms with van der Waals surface area (Å²) in [6.45, 7) is 1.53. The van der Waals surface area contributed by atoms with Crippen molar-refractivity contribution in [3.8, 4) is 5.75 Å². The van der Waals surface area contributed by atoms with E-state index in [1.165, 1.54) is 16.8 Å². The van der Waals surface area contributed by atoms with Gasteiger partial charge in [0.25, 0.3) is 0 Å². The minimum atomic E-state index is 0.738. The normalized spacial score (nSPS) is 11.1. The lowest BCUT2D eigenvalue weighted by Gasteiger charge is -2.15. The highest BCUT2D eigenvalue weighted by molar-refractivity contribution is 5.79. The number of rotatable bonds is 7. The average Bonchev–Trinajstić information content (AvgIpc) is 2.65. The summed E-state index contributed by atoms with van der Waals surface area (Å²) in [5.41, 5.74) is 3.61. The molecule has 5 nitrogen and oxygen atoms in total. The van der Waals surface area contributed by atoms with E-state index in [1.807, 2.05) is 32.3 Å². The molecule has 0 saturated carbocycles. The summed E-state index contributed by atoms with van der Waals surface area (Å²) in [6.07, 6.45) is 0.877. The molecule has 0 aliphatic heterocycles. The van der Waals surface area contributed by atoms with Crippen molar-refractivity contribution in [3.63, 3.8) is 0 Å². The molecule has 0 spiro atoms. The van der Waals surface area contributed by atoms with E-state index >= 15 is 0 Å². The largest absolute Gasteiger partial charge is 0.496 e. The van der Waals surface area contributed by atoms with Crippen molar-refractivity contribution in [1.82, 2.24) is 10.6 Å². The van der Waals surface area contributed by atoms with Gasteiger partial charge in [0.1, 0.15) is 5.75 Å². The third-order valence-electron chi connectivity index (χ3n) is 4.02. The fourth-order valence-corrected chi connectivity index (χ4v) is 2.54. The first-order chi connectivity index (χ1) is 12.1. The van der Waals surface area contributed by atoms with Crippen LogP contribution < -0.4 is 20.3 Å². The Kier molecular flexibility index (Phi) is 7.14. The molecule has 134 valence electrons. The number of benzene rings is 2. The number of para-hydroxylation sites is 1. The molecule has 0 aliphatic carbocycles. The number of nitrogens with one attached hydrogen (secondary N) is 2. The van der Waals surface area contributed by atoms with Crippen LogP contribution in [0.15, 0.2) is 53.5 Å². The van der Waals surface area contributed by atoms with E-state index in [-0.39, 0.29) is 0 Å². The first-order valence-electron chi connectivity index (χ1n) is 8.46. The lowest BCUT2D eigenvalue weighted by molar-refractivity contribution is 0.409. The molecule has 0 radical (unpaired) electrons. The highest BCUT2D eigenvalue weighted by atomic mass is 16.5. The quantitative estimate of drug-likeness (QED) is 0.601. The van der Waals surface area contributed by atoms with Gasteiger partial charge in [-0.2, -0.15) is 0 Å². The van der Waals surface area contributed by atoms with Gasteiger partial charge in [-0.15, -0.1) is 0 Å². The average molecular weight is 340 g/mol. The summed E-state index contributed by atoms with van der Waals surface area (Å²) < 4.78 is 5.38. The van der Waals surface area contributed by atoms with Crippen LogP contribution in [0.4, 0.5) is 5.69 Å². The third kappa shape index (κ3) is 5.71. The monoisotopic (exact) mass is 340 g/mol. The molecule has 25 heavy (non-hydrogen) atoms. The van der Waals surface area contributed by atoms with Gasteiger partial charge >= 0.3 is 0 Å². The van der Waals surface area contributed by atoms with E-state index in [1.54, 1.807) is 14.2 Å². The van der Waals surface area contributed by atoms with Crippen molar-refractivity contribution < 1.29 is 4.74 Å². The van der Waals surface area contributed by atoms with Gasteiger partial charge in [-0.1, -0.05) is 30.3 Å². The standard InChI is InChI=1S/C20H28N4O/c1-21-20(22-14-13-17-7-5-6-8-19(17)25-4)23-15-16-9-11-18(12-10-16)24(2)3/h5-12H,13-15H2,1-4H3,(H2,21,22,23). The topological polar surface area (TPSA) is 48.9 Å². The van der Waals surface area contributed by atoms with Crippen LogP contribution in [0, 0.1) is 0 Å². The molecule has 0 aromatic heterocycles. The van der Waals surface area contributed by atoms with Crippen LogP contribution in [0.5, 0.6) is 5.75 Å². The van der Waals surface area contributed by atoms with Crippen molar-refractivity contribution >= 4 is 11.6 Å². The molecule has 0 atom stereocenters. The molecule has 2 N–H and O–H groups in total. The summed E-state index contributed by atoms with van der Waals surface area (Å²) in [4.78, 5) is 6.37. The van der Waals surface area contributed by atoms with Gasteiger partial charge in [0.05, 0.1) is 7.11 Å². The molecule has 0 amide bonds. The molecule has 2 aromatic carbocycles. The van der Waals surface area contributed by atoms with Crippen LogP contribution in [0.1, 0.15) is 11.1 Å². The second-order valence-corrected chi connectivity index (χ2v) is 5.98. The predicted molar refractivity (Wildman–Crippen MR) is 106 cm³/mol. The number of nitrogens with zero attached hydrogens (tertiary/aromatic N) is 2. The first-order valence-corrected chi connectivity index (χ1v) is 8.46. The van der Waals surface area contributed by atoms with E-state index in [4.69, 9.17) is 4.74 Å². The zero-order valence-electron chi connectivity index (χ0n) is 15.5. The van der Waals surface area contributed by atoms with Gasteiger partial charge in [0.15, 0.2) is 5.96 Å². The molecule has 0 aliphatic rings. The van der Waals surface area contributed by atoms with Crippen molar-refractivity contribution in [2.24, 2.45) is 4.99 Å². The van der Waals surface area contributed by atoms with Crippen molar-refractivity contribution in [3.05, 3.63) is 59.7 Å². The van der Waals surface area contributed by atoms with Crippen LogP contribution in [0.25, 0.3) is 0 Å². The predicted octanol–water partition coefficient (Wildman–Crippen LogP) is 2.67. The number of aliphatic imine (C=N–C) groups is 1. The lowest BCUT2D eigenvalue weighted by Crippen LogP contribution is -2.37. The van der Waals surface area contributed by atoms with Crippen molar-refractivity contribution in [1.29, 1.82) is 0 Å². The summed E-state index contributed by atoms with van der Waals surface area (Å²) in [5, 5.41) is 6.69. The maximum Gasteiger partial charge on any atom is 0.191 e. The van der Waals surface area contributed by atoms with Crippen LogP contribution >= 0.6 is 0 Å². The number of hydrogen-bond acceptors (Lipinski definition) is 3. The summed E-state index contributed by atoms with van der Waals surface area (Å²) >= 11 is 0. The molecule has 2 rings (SSSR count). The van der Waals surface area contributed by atoms with Crippen LogP contribution in [0.2, 0.25) is 0 Å². The maximum absolute atomic E-state index is 5.38. The Morgan fingerprint density at radius 3 is 2.40 bits per heavy atom. The smallest absolute Gasteiger partial charge is 0.191 e. The van der Waals surface area contributed by atoms with E-state index in [0.717, 1.165) is 31.2 Å². The number of methoxy groups -OCH3 is 1. The Hall–Kier alpha value is -2.69. The number of hydrogen-bond donors (Lipinski definition) is 2. The zero-order chi connectivity index (χ0) is 18.1. The molecular weight excluding hydrogens is 312 g/mol. The van der Waals surface area contributed by atoms with Gasteiger partial charge in [-0.3, -0.25) is 4.99 Å². The van der Waals surface area contributed by atoms with E-state index in [9.17, 15) is 0 Å². The molecule has 0 heterocycles. The van der Waals surface area contributed by atoms with E-state index < -0.39 is 0 Å². The Labute approximate surface area is 150 Å². The van der Waals surface area contributed by atoms with Crippen LogP contribution in [0.3, 0.4) is 0 Å². The van der Waals surface area contributed by atoms with Gasteiger partial charge < -0.3 is 20.3 Å². The molecule has 0 bridgehead atoms. The zero-order valence-corrected chi connectivity index (χ0v) is 15.5. The number of guanidine groups is 1. The molecule has 0 fully saturated rings. The van der Waals surface area contributed by atoms with Gasteiger partial charge in [-0.25, -0.2) is 0 Å². The highest BCUT2D eigenvalue weighted by Gasteiger charge is 2.03. The van der Waals surface area contributed by atoms with Crippen LogP contribution in [-0.2, 0) is 13.0 Å². The lowest BCUT2D eigenvalue weighted by atomic mass is 10.1. The molecule has 0 unspecified atom stereocenters. The van der Waals surface area contributed by atoms with Crippen molar-refractivity contribution in [2.75, 3.05) is 39.7 Å². The van der Waals surface area contributed by atoms with Gasteiger partial charge in [-0.05, 0) is 35.7 Å². The number of ether oxygens (including phenoxy) is 1.